The second kappa shape index (κ2) is 8.07. The molecule has 2 atom stereocenters. The van der Waals surface area contributed by atoms with Gasteiger partial charge in [-0.2, -0.15) is 0 Å². The fourth-order valence-electron chi connectivity index (χ4n) is 1.41. The van der Waals surface area contributed by atoms with Crippen LogP contribution in [-0.4, -0.2) is 62.1 Å². The molecule has 5 heteroatoms. The lowest BCUT2D eigenvalue weighted by Crippen LogP contribution is -2.27. The molecule has 0 amide bonds. The molecule has 2 rings (SSSR count). The second-order valence-corrected chi connectivity index (χ2v) is 4.97. The van der Waals surface area contributed by atoms with Gasteiger partial charge in [-0.05, 0) is 12.8 Å². The number of hydrogen-bond donors (Lipinski definition) is 2. The third-order valence-corrected chi connectivity index (χ3v) is 3.58. The van der Waals surface area contributed by atoms with E-state index in [4.69, 9.17) is 24.4 Å². The molecule has 0 spiro atoms. The maximum absolute atomic E-state index is 8.82. The van der Waals surface area contributed by atoms with E-state index in [-0.39, 0.29) is 18.6 Å². The SMILES string of the molecule is C(OCC1CO1)C1CO1.CCC(CC)(CO)CO. The Kier molecular flexibility index (Phi) is 7.11. The molecule has 0 aromatic heterocycles. The fraction of sp³-hybridized carbons (Fsp3) is 1.00. The Hall–Kier alpha value is -0.200. The van der Waals surface area contributed by atoms with Gasteiger partial charge in [-0.3, -0.25) is 0 Å². The molecule has 0 bridgehead atoms. The molecule has 2 aliphatic heterocycles. The van der Waals surface area contributed by atoms with E-state index in [0.29, 0.717) is 12.2 Å². The third kappa shape index (κ3) is 6.11. The van der Waals surface area contributed by atoms with Gasteiger partial charge in [-0.15, -0.1) is 0 Å². The van der Waals surface area contributed by atoms with Gasteiger partial charge in [0, 0.05) is 5.41 Å². The highest BCUT2D eigenvalue weighted by Gasteiger charge is 2.26. The van der Waals surface area contributed by atoms with Gasteiger partial charge < -0.3 is 24.4 Å². The molecule has 2 heterocycles. The number of hydrogen-bond acceptors (Lipinski definition) is 5. The average molecular weight is 262 g/mol. The Labute approximate surface area is 109 Å². The maximum Gasteiger partial charge on any atom is 0.104 e. The van der Waals surface area contributed by atoms with Gasteiger partial charge in [0.15, 0.2) is 0 Å². The first kappa shape index (κ1) is 15.9. The topological polar surface area (TPSA) is 74.8 Å². The minimum atomic E-state index is -0.222. The molecule has 2 N–H and O–H groups in total. The molecule has 18 heavy (non-hydrogen) atoms. The predicted octanol–water partition coefficient (Wildman–Crippen LogP) is 0.578. The standard InChI is InChI=1S/C7H16O2.C6H10O3/c1-3-7(4-2,5-8)6-9;1(5-3-8-5)7-2-6-4-9-6/h8-9H,3-6H2,1-2H3;5-6H,1-4H2. The predicted molar refractivity (Wildman–Crippen MR) is 67.5 cm³/mol. The molecule has 0 aromatic carbocycles. The molecule has 2 saturated heterocycles. The van der Waals surface area contributed by atoms with E-state index in [9.17, 15) is 0 Å². The second-order valence-electron chi connectivity index (χ2n) is 4.97. The van der Waals surface area contributed by atoms with E-state index < -0.39 is 0 Å². The van der Waals surface area contributed by atoms with E-state index in [1.165, 1.54) is 0 Å². The zero-order valence-electron chi connectivity index (χ0n) is 11.4. The summed E-state index contributed by atoms with van der Waals surface area (Å²) in [5, 5.41) is 17.6. The molecule has 0 radical (unpaired) electrons. The van der Waals surface area contributed by atoms with Crippen LogP contribution in [0.25, 0.3) is 0 Å². The number of aliphatic hydroxyl groups excluding tert-OH is 2. The minimum absolute atomic E-state index is 0.0938. The van der Waals surface area contributed by atoms with Crippen LogP contribution in [-0.2, 0) is 14.2 Å². The van der Waals surface area contributed by atoms with Gasteiger partial charge in [-0.1, -0.05) is 13.8 Å². The lowest BCUT2D eigenvalue weighted by atomic mass is 9.84. The smallest absolute Gasteiger partial charge is 0.104 e. The molecule has 2 fully saturated rings. The van der Waals surface area contributed by atoms with Crippen molar-refractivity contribution >= 4 is 0 Å². The summed E-state index contributed by atoms with van der Waals surface area (Å²) in [4.78, 5) is 0. The number of rotatable bonds is 8. The summed E-state index contributed by atoms with van der Waals surface area (Å²) in [6.07, 6.45) is 2.47. The van der Waals surface area contributed by atoms with Crippen LogP contribution in [0, 0.1) is 5.41 Å². The average Bonchev–Trinajstić information content (AvgIpc) is 3.29. The van der Waals surface area contributed by atoms with Crippen molar-refractivity contribution in [2.75, 3.05) is 39.6 Å². The molecule has 0 aromatic rings. The van der Waals surface area contributed by atoms with E-state index in [2.05, 4.69) is 0 Å². The van der Waals surface area contributed by atoms with Crippen molar-refractivity contribution in [1.82, 2.24) is 0 Å². The Bertz CT molecular complexity index is 180. The Morgan fingerprint density at radius 3 is 1.56 bits per heavy atom. The number of ether oxygens (including phenoxy) is 3. The number of epoxide rings is 2. The van der Waals surface area contributed by atoms with Gasteiger partial charge in [0.25, 0.3) is 0 Å². The van der Waals surface area contributed by atoms with Crippen LogP contribution in [0.5, 0.6) is 0 Å². The van der Waals surface area contributed by atoms with Crippen molar-refractivity contribution < 1.29 is 24.4 Å². The Morgan fingerprint density at radius 2 is 1.39 bits per heavy atom. The van der Waals surface area contributed by atoms with Crippen molar-refractivity contribution in [2.45, 2.75) is 38.9 Å². The molecule has 108 valence electrons. The summed E-state index contributed by atoms with van der Waals surface area (Å²) in [6.45, 7) is 7.41. The summed E-state index contributed by atoms with van der Waals surface area (Å²) >= 11 is 0. The highest BCUT2D eigenvalue weighted by atomic mass is 16.6. The summed E-state index contributed by atoms with van der Waals surface area (Å²) < 4.78 is 15.1. The van der Waals surface area contributed by atoms with Crippen molar-refractivity contribution in [3.63, 3.8) is 0 Å². The third-order valence-electron chi connectivity index (χ3n) is 3.58. The van der Waals surface area contributed by atoms with Gasteiger partial charge in [0.1, 0.15) is 12.2 Å². The first-order valence-corrected chi connectivity index (χ1v) is 6.72. The van der Waals surface area contributed by atoms with E-state index in [1.54, 1.807) is 0 Å². The van der Waals surface area contributed by atoms with Crippen molar-refractivity contribution in [1.29, 1.82) is 0 Å². The Balaban J connectivity index is 0.000000180. The number of aliphatic hydroxyl groups is 2. The fourth-order valence-corrected chi connectivity index (χ4v) is 1.41. The van der Waals surface area contributed by atoms with E-state index >= 15 is 0 Å². The van der Waals surface area contributed by atoms with Crippen molar-refractivity contribution in [3.8, 4) is 0 Å². The van der Waals surface area contributed by atoms with Crippen molar-refractivity contribution in [2.24, 2.45) is 5.41 Å². The lowest BCUT2D eigenvalue weighted by Gasteiger charge is -2.25. The van der Waals surface area contributed by atoms with Crippen LogP contribution in [0.15, 0.2) is 0 Å². The normalized spacial score (nSPS) is 25.3. The van der Waals surface area contributed by atoms with Crippen LogP contribution < -0.4 is 0 Å². The molecular formula is C13H26O5. The van der Waals surface area contributed by atoms with Crippen LogP contribution in [0.2, 0.25) is 0 Å². The van der Waals surface area contributed by atoms with Gasteiger partial charge in [-0.25, -0.2) is 0 Å². The van der Waals surface area contributed by atoms with Crippen molar-refractivity contribution in [3.05, 3.63) is 0 Å². The minimum Gasteiger partial charge on any atom is -0.396 e. The summed E-state index contributed by atoms with van der Waals surface area (Å²) in [7, 11) is 0. The first-order valence-electron chi connectivity index (χ1n) is 6.72. The lowest BCUT2D eigenvalue weighted by molar-refractivity contribution is 0.0480. The van der Waals surface area contributed by atoms with Crippen LogP contribution >= 0.6 is 0 Å². The van der Waals surface area contributed by atoms with E-state index in [1.807, 2.05) is 13.8 Å². The highest BCUT2D eigenvalue weighted by Crippen LogP contribution is 2.23. The maximum atomic E-state index is 8.82. The van der Waals surface area contributed by atoms with Crippen LogP contribution in [0.3, 0.4) is 0 Å². The zero-order valence-corrected chi connectivity index (χ0v) is 11.4. The molecule has 0 saturated carbocycles. The van der Waals surface area contributed by atoms with Crippen LogP contribution in [0.1, 0.15) is 26.7 Å². The van der Waals surface area contributed by atoms with Gasteiger partial charge in [0.05, 0.1) is 39.6 Å². The van der Waals surface area contributed by atoms with Crippen LogP contribution in [0.4, 0.5) is 0 Å². The largest absolute Gasteiger partial charge is 0.396 e. The monoisotopic (exact) mass is 262 g/mol. The molecule has 5 nitrogen and oxygen atoms in total. The first-order chi connectivity index (χ1) is 8.69. The summed E-state index contributed by atoms with van der Waals surface area (Å²) in [5.41, 5.74) is -0.222. The van der Waals surface area contributed by atoms with Gasteiger partial charge >= 0.3 is 0 Å². The summed E-state index contributed by atoms with van der Waals surface area (Å²) in [5.74, 6) is 0. The highest BCUT2D eigenvalue weighted by molar-refractivity contribution is 4.73. The zero-order chi connectivity index (χ0) is 13.4. The molecule has 0 aliphatic carbocycles. The molecule has 2 unspecified atom stereocenters. The summed E-state index contributed by atoms with van der Waals surface area (Å²) in [6, 6.07) is 0. The molecular weight excluding hydrogens is 236 g/mol. The van der Waals surface area contributed by atoms with E-state index in [0.717, 1.165) is 39.3 Å². The van der Waals surface area contributed by atoms with Gasteiger partial charge in [0.2, 0.25) is 0 Å². The quantitative estimate of drug-likeness (QED) is 0.626. The Morgan fingerprint density at radius 1 is 1.00 bits per heavy atom. The molecule has 2 aliphatic rings.